The van der Waals surface area contributed by atoms with Gasteiger partial charge in [-0.25, -0.2) is 0 Å². The van der Waals surface area contributed by atoms with E-state index >= 15 is 0 Å². The average molecular weight is 182 g/mol. The van der Waals surface area contributed by atoms with E-state index in [9.17, 15) is 10.4 Å². The maximum Gasteiger partial charge on any atom is 0.191 e. The van der Waals surface area contributed by atoms with Crippen LogP contribution in [0.4, 0.5) is 0 Å². The van der Waals surface area contributed by atoms with E-state index in [0.717, 1.165) is 22.4 Å². The fourth-order valence-electron chi connectivity index (χ4n) is 1.05. The van der Waals surface area contributed by atoms with Gasteiger partial charge in [0.1, 0.15) is 0 Å². The summed E-state index contributed by atoms with van der Waals surface area (Å²) < 4.78 is -1.13. The lowest BCUT2D eigenvalue weighted by Crippen LogP contribution is -2.27. The van der Waals surface area contributed by atoms with Crippen LogP contribution >= 0.6 is 11.9 Å². The molecular weight excluding hydrogens is 174 g/mol. The highest BCUT2D eigenvalue weighted by atomic mass is 32.2. The third-order valence-corrected chi connectivity index (χ3v) is 2.56. The molecule has 1 aromatic rings. The molecule has 0 spiro atoms. The van der Waals surface area contributed by atoms with Gasteiger partial charge < -0.3 is 0 Å². The third-order valence-electron chi connectivity index (χ3n) is 1.60. The van der Waals surface area contributed by atoms with E-state index < -0.39 is 4.21 Å². The Morgan fingerprint density at radius 3 is 2.75 bits per heavy atom. The van der Waals surface area contributed by atoms with Crippen molar-refractivity contribution in [1.29, 1.82) is 0 Å². The van der Waals surface area contributed by atoms with Gasteiger partial charge in [0.05, 0.1) is 4.90 Å². The molecular formula is C8H8NO2S+. The van der Waals surface area contributed by atoms with E-state index in [-0.39, 0.29) is 0 Å². The first-order valence-corrected chi connectivity index (χ1v) is 4.27. The second kappa shape index (κ2) is 2.60. The summed E-state index contributed by atoms with van der Waals surface area (Å²) in [7, 11) is 0. The zero-order chi connectivity index (χ0) is 8.60. The number of hydrogen-bond acceptors (Lipinski definition) is 3. The smallest absolute Gasteiger partial charge is 0.164 e. The molecule has 2 N–H and O–H groups in total. The van der Waals surface area contributed by atoms with Gasteiger partial charge in [-0.2, -0.15) is 10.4 Å². The maximum atomic E-state index is 9.19. The molecule has 0 aliphatic carbocycles. The minimum atomic E-state index is -1.13. The van der Waals surface area contributed by atoms with Crippen molar-refractivity contribution in [1.82, 2.24) is 0 Å². The van der Waals surface area contributed by atoms with Crippen LogP contribution in [0.1, 0.15) is 5.56 Å². The Balaban J connectivity index is 2.46. The molecule has 4 heteroatoms. The van der Waals surface area contributed by atoms with Crippen molar-refractivity contribution in [3.8, 4) is 0 Å². The second-order valence-electron chi connectivity index (χ2n) is 2.53. The molecule has 0 saturated carbocycles. The first-order chi connectivity index (χ1) is 5.67. The topological polar surface area (TPSA) is 40.5 Å². The van der Waals surface area contributed by atoms with Crippen molar-refractivity contribution in [2.45, 2.75) is 4.90 Å². The van der Waals surface area contributed by atoms with Crippen LogP contribution in [0.2, 0.25) is 0 Å². The van der Waals surface area contributed by atoms with Gasteiger partial charge in [-0.3, -0.25) is 0 Å². The van der Waals surface area contributed by atoms with Crippen LogP contribution in [0.25, 0.3) is 6.08 Å². The van der Waals surface area contributed by atoms with Crippen LogP contribution in [0, 0.1) is 0 Å². The summed E-state index contributed by atoms with van der Waals surface area (Å²) in [4.78, 5) is 0.866. The molecule has 3 nitrogen and oxygen atoms in total. The fourth-order valence-corrected chi connectivity index (χ4v) is 1.85. The monoisotopic (exact) mass is 182 g/mol. The predicted molar refractivity (Wildman–Crippen MR) is 45.2 cm³/mol. The summed E-state index contributed by atoms with van der Waals surface area (Å²) in [5.74, 6) is 0. The number of fused-ring (bicyclic) bond motifs is 1. The molecule has 1 aliphatic heterocycles. The molecule has 2 rings (SSSR count). The van der Waals surface area contributed by atoms with E-state index in [0.29, 0.717) is 0 Å². The third kappa shape index (κ3) is 1.37. The lowest BCUT2D eigenvalue weighted by molar-refractivity contribution is -1.11. The normalized spacial score (nSPS) is 18.8. The molecule has 0 radical (unpaired) electrons. The first-order valence-electron chi connectivity index (χ1n) is 3.49. The van der Waals surface area contributed by atoms with Gasteiger partial charge in [-0.1, -0.05) is 18.2 Å². The van der Waals surface area contributed by atoms with Crippen molar-refractivity contribution in [3.05, 3.63) is 36.0 Å². The quantitative estimate of drug-likeness (QED) is 0.477. The van der Waals surface area contributed by atoms with Crippen molar-refractivity contribution >= 4 is 18.0 Å². The van der Waals surface area contributed by atoms with Gasteiger partial charge in [0.2, 0.25) is 0 Å². The van der Waals surface area contributed by atoms with E-state index in [1.165, 1.54) is 6.20 Å². The second-order valence-corrected chi connectivity index (χ2v) is 3.69. The molecule has 0 atom stereocenters. The molecule has 0 amide bonds. The van der Waals surface area contributed by atoms with Crippen molar-refractivity contribution in [2.75, 3.05) is 0 Å². The Kier molecular flexibility index (Phi) is 1.69. The van der Waals surface area contributed by atoms with E-state index in [4.69, 9.17) is 0 Å². The molecule has 62 valence electrons. The molecule has 0 aromatic heterocycles. The molecule has 1 aliphatic rings. The van der Waals surface area contributed by atoms with Gasteiger partial charge in [0.25, 0.3) is 0 Å². The van der Waals surface area contributed by atoms with Crippen LogP contribution in [-0.2, 0) is 0 Å². The Hall–Kier alpha value is -0.810. The lowest BCUT2D eigenvalue weighted by atomic mass is 10.2. The predicted octanol–water partition coefficient (Wildman–Crippen LogP) is 2.27. The standard InChI is InChI=1S/C8H8NO2S/c10-9(11)6-5-7-3-1-2-4-8(7)12-9/h1-6,10-11H/q+1. The summed E-state index contributed by atoms with van der Waals surface area (Å²) in [6, 6.07) is 7.56. The Morgan fingerprint density at radius 1 is 1.17 bits per heavy atom. The summed E-state index contributed by atoms with van der Waals surface area (Å²) >= 11 is 0.976. The molecule has 0 unspecified atom stereocenters. The van der Waals surface area contributed by atoms with Crippen molar-refractivity contribution in [2.24, 2.45) is 0 Å². The number of hydrogen-bond donors (Lipinski definition) is 2. The molecule has 0 bridgehead atoms. The van der Waals surface area contributed by atoms with Crippen LogP contribution in [0.15, 0.2) is 35.4 Å². The number of quaternary nitrogens is 1. The highest BCUT2D eigenvalue weighted by Gasteiger charge is 2.28. The Labute approximate surface area is 74.2 Å². The highest BCUT2D eigenvalue weighted by Crippen LogP contribution is 2.34. The summed E-state index contributed by atoms with van der Waals surface area (Å²) in [5, 5.41) is 18.4. The highest BCUT2D eigenvalue weighted by molar-refractivity contribution is 7.93. The minimum absolute atomic E-state index is 0.866. The Morgan fingerprint density at radius 2 is 1.92 bits per heavy atom. The molecule has 12 heavy (non-hydrogen) atoms. The number of hydroxylamine groups is 2. The van der Waals surface area contributed by atoms with Crippen LogP contribution in [-0.4, -0.2) is 14.6 Å². The average Bonchev–Trinajstić information content (AvgIpc) is 2.02. The van der Waals surface area contributed by atoms with Crippen molar-refractivity contribution < 1.29 is 14.6 Å². The van der Waals surface area contributed by atoms with E-state index in [1.807, 2.05) is 24.3 Å². The van der Waals surface area contributed by atoms with Crippen molar-refractivity contribution in [3.63, 3.8) is 0 Å². The first kappa shape index (κ1) is 7.82. The molecule has 1 heterocycles. The maximum absolute atomic E-state index is 9.19. The summed E-state index contributed by atoms with van der Waals surface area (Å²) in [6.07, 6.45) is 3.00. The van der Waals surface area contributed by atoms with Crippen LogP contribution < -0.4 is 0 Å². The van der Waals surface area contributed by atoms with Gasteiger partial charge in [0, 0.05) is 10.3 Å². The molecule has 1 aromatic carbocycles. The summed E-state index contributed by atoms with van der Waals surface area (Å²) in [6.45, 7) is 0. The van der Waals surface area contributed by atoms with E-state index in [1.54, 1.807) is 6.08 Å². The largest absolute Gasteiger partial charge is 0.191 e. The van der Waals surface area contributed by atoms with Crippen LogP contribution in [0.5, 0.6) is 0 Å². The Bertz CT molecular complexity index is 336. The van der Waals surface area contributed by atoms with E-state index in [2.05, 4.69) is 0 Å². The zero-order valence-electron chi connectivity index (χ0n) is 6.21. The number of rotatable bonds is 0. The SMILES string of the molecule is O[N+]1(O)C=Cc2ccccc2S1. The zero-order valence-corrected chi connectivity index (χ0v) is 7.03. The van der Waals surface area contributed by atoms with Gasteiger partial charge in [-0.15, -0.1) is 0 Å². The minimum Gasteiger partial charge on any atom is -0.164 e. The van der Waals surface area contributed by atoms with Crippen LogP contribution in [0.3, 0.4) is 0 Å². The van der Waals surface area contributed by atoms with Gasteiger partial charge >= 0.3 is 0 Å². The lowest BCUT2D eigenvalue weighted by Gasteiger charge is -2.17. The molecule has 0 saturated heterocycles. The number of benzene rings is 1. The summed E-state index contributed by atoms with van der Waals surface area (Å²) in [5.41, 5.74) is 1.01. The van der Waals surface area contributed by atoms with Gasteiger partial charge in [0.15, 0.2) is 18.1 Å². The molecule has 0 fully saturated rings. The fraction of sp³-hybridized carbons (Fsp3) is 0. The number of nitrogens with zero attached hydrogens (tertiary/aromatic N) is 1. The van der Waals surface area contributed by atoms with Gasteiger partial charge in [-0.05, 0) is 11.6 Å².